The monoisotopic (exact) mass is 374 g/mol. The number of nitrogens with one attached hydrogen (secondary N) is 2. The third kappa shape index (κ3) is 4.19. The predicted molar refractivity (Wildman–Crippen MR) is 72.2 cm³/mol. The van der Waals surface area contributed by atoms with Crippen molar-refractivity contribution in [2.75, 3.05) is 5.32 Å². The van der Waals surface area contributed by atoms with Crippen LogP contribution in [0.1, 0.15) is 5.82 Å². The Morgan fingerprint density at radius 2 is 2.23 bits per heavy atom. The van der Waals surface area contributed by atoms with E-state index in [4.69, 9.17) is 5.26 Å². The molecule has 0 unspecified atom stereocenters. The number of nitriles is 1. The average molecular weight is 375 g/mol. The van der Waals surface area contributed by atoms with Crippen LogP contribution in [0.5, 0.6) is 5.75 Å². The van der Waals surface area contributed by atoms with Gasteiger partial charge >= 0.3 is 6.36 Å². The summed E-state index contributed by atoms with van der Waals surface area (Å²) in [7, 11) is 0. The van der Waals surface area contributed by atoms with Crippen LogP contribution in [-0.4, -0.2) is 27.0 Å². The summed E-state index contributed by atoms with van der Waals surface area (Å²) in [5.41, 5.74) is 0.526. The van der Waals surface area contributed by atoms with Crippen molar-refractivity contribution in [3.8, 4) is 11.8 Å². The Hall–Kier alpha value is -2.61. The molecule has 22 heavy (non-hydrogen) atoms. The molecule has 0 amide bonds. The van der Waals surface area contributed by atoms with Crippen LogP contribution in [0.3, 0.4) is 0 Å². The van der Waals surface area contributed by atoms with Crippen molar-refractivity contribution in [2.24, 2.45) is 0 Å². The molecule has 0 spiro atoms. The van der Waals surface area contributed by atoms with Crippen molar-refractivity contribution in [3.63, 3.8) is 0 Å². The summed E-state index contributed by atoms with van der Waals surface area (Å²) < 4.78 is 40.4. The molecule has 0 atom stereocenters. The number of ether oxygens (including phenoxy) is 1. The van der Waals surface area contributed by atoms with Gasteiger partial charge in [-0.1, -0.05) is 0 Å². The van der Waals surface area contributed by atoms with Gasteiger partial charge in [0.25, 0.3) is 0 Å². The topological polar surface area (TPSA) is 99.5 Å². The lowest BCUT2D eigenvalue weighted by molar-refractivity contribution is -0.274. The van der Waals surface area contributed by atoms with Crippen LogP contribution in [0.4, 0.5) is 18.9 Å². The fourth-order valence-corrected chi connectivity index (χ4v) is 1.84. The molecule has 1 aromatic heterocycles. The summed E-state index contributed by atoms with van der Waals surface area (Å²) in [6.45, 7) is 0. The third-order valence-electron chi connectivity index (χ3n) is 2.25. The van der Waals surface area contributed by atoms with Gasteiger partial charge in [-0.3, -0.25) is 0 Å². The first-order chi connectivity index (χ1) is 10.4. The molecule has 2 aromatic rings. The number of anilines is 1. The van der Waals surface area contributed by atoms with Crippen LogP contribution in [0.15, 0.2) is 28.9 Å². The summed E-state index contributed by atoms with van der Waals surface area (Å²) >= 11 is 2.97. The minimum atomic E-state index is -4.77. The molecule has 11 heteroatoms. The average Bonchev–Trinajstić information content (AvgIpc) is 2.95. The molecule has 0 saturated carbocycles. The zero-order valence-electron chi connectivity index (χ0n) is 10.5. The molecule has 7 nitrogen and oxygen atoms in total. The smallest absolute Gasteiger partial charge is 0.405 e. The largest absolute Gasteiger partial charge is 0.573 e. The molecule has 114 valence electrons. The second kappa shape index (κ2) is 6.44. The van der Waals surface area contributed by atoms with Crippen LogP contribution in [0, 0.1) is 11.3 Å². The number of aromatic amines is 1. The number of benzene rings is 1. The molecule has 1 aromatic carbocycles. The van der Waals surface area contributed by atoms with Gasteiger partial charge in [-0.2, -0.15) is 10.5 Å². The molecule has 1 heterocycles. The van der Waals surface area contributed by atoms with E-state index in [-0.39, 0.29) is 21.6 Å². The number of hydrogen-bond acceptors (Lipinski definition) is 6. The van der Waals surface area contributed by atoms with Crippen molar-refractivity contribution in [2.45, 2.75) is 6.36 Å². The van der Waals surface area contributed by atoms with E-state index in [0.29, 0.717) is 5.69 Å². The molecule has 0 bridgehead atoms. The van der Waals surface area contributed by atoms with Crippen LogP contribution >= 0.6 is 15.9 Å². The second-order valence-electron chi connectivity index (χ2n) is 3.74. The first-order valence-electron chi connectivity index (χ1n) is 5.55. The summed E-state index contributed by atoms with van der Waals surface area (Å²) in [5.74, 6) is -0.285. The summed E-state index contributed by atoms with van der Waals surface area (Å²) in [6.07, 6.45) is -3.47. The highest BCUT2D eigenvalue weighted by Crippen LogP contribution is 2.32. The number of tetrazole rings is 1. The van der Waals surface area contributed by atoms with Gasteiger partial charge in [0.1, 0.15) is 17.4 Å². The van der Waals surface area contributed by atoms with Crippen LogP contribution in [0.25, 0.3) is 5.57 Å². The van der Waals surface area contributed by atoms with Crippen LogP contribution in [-0.2, 0) is 0 Å². The molecular formula is C11H6BrF3N6O. The number of alkyl halides is 3. The first-order valence-corrected chi connectivity index (χ1v) is 6.34. The number of nitrogens with zero attached hydrogens (tertiary/aromatic N) is 4. The third-order valence-corrected chi connectivity index (χ3v) is 2.87. The molecule has 0 aliphatic carbocycles. The van der Waals surface area contributed by atoms with Gasteiger partial charge in [0.2, 0.25) is 5.82 Å². The Balaban J connectivity index is 2.14. The van der Waals surface area contributed by atoms with Gasteiger partial charge in [0.05, 0.1) is 4.47 Å². The minimum absolute atomic E-state index is 0.0890. The minimum Gasteiger partial charge on any atom is -0.405 e. The van der Waals surface area contributed by atoms with Crippen molar-refractivity contribution in [1.29, 1.82) is 5.26 Å². The highest BCUT2D eigenvalue weighted by Gasteiger charge is 2.31. The van der Waals surface area contributed by atoms with Gasteiger partial charge in [0, 0.05) is 11.9 Å². The molecule has 0 radical (unpaired) electrons. The van der Waals surface area contributed by atoms with E-state index in [9.17, 15) is 13.2 Å². The van der Waals surface area contributed by atoms with E-state index in [1.807, 2.05) is 6.07 Å². The predicted octanol–water partition coefficient (Wildman–Crippen LogP) is 2.84. The Labute approximate surface area is 129 Å². The molecule has 0 aliphatic rings. The van der Waals surface area contributed by atoms with Crippen molar-refractivity contribution in [3.05, 3.63) is 34.7 Å². The fraction of sp³-hybridized carbons (Fsp3) is 0.0909. The maximum atomic E-state index is 12.2. The van der Waals surface area contributed by atoms with Crippen molar-refractivity contribution in [1.82, 2.24) is 20.6 Å². The Kier molecular flexibility index (Phi) is 4.62. The summed E-state index contributed by atoms with van der Waals surface area (Å²) in [5, 5.41) is 24.5. The number of hydrogen-bond donors (Lipinski definition) is 2. The fourth-order valence-electron chi connectivity index (χ4n) is 1.38. The van der Waals surface area contributed by atoms with Gasteiger partial charge in [-0.05, 0) is 39.3 Å². The summed E-state index contributed by atoms with van der Waals surface area (Å²) in [6, 6.07) is 5.71. The molecule has 2 rings (SSSR count). The first kappa shape index (κ1) is 15.8. The molecule has 0 aliphatic heterocycles. The normalized spacial score (nSPS) is 11.9. The molecule has 0 fully saturated rings. The highest BCUT2D eigenvalue weighted by atomic mass is 79.9. The van der Waals surface area contributed by atoms with E-state index in [1.54, 1.807) is 0 Å². The second-order valence-corrected chi connectivity index (χ2v) is 4.60. The van der Waals surface area contributed by atoms with Gasteiger partial charge in [-0.15, -0.1) is 23.4 Å². The van der Waals surface area contributed by atoms with E-state index in [2.05, 4.69) is 46.6 Å². The zero-order chi connectivity index (χ0) is 16.2. The van der Waals surface area contributed by atoms with E-state index in [1.165, 1.54) is 18.3 Å². The van der Waals surface area contributed by atoms with Crippen LogP contribution < -0.4 is 10.1 Å². The van der Waals surface area contributed by atoms with Gasteiger partial charge in [-0.25, -0.2) is 0 Å². The number of allylic oxidation sites excluding steroid dienone is 1. The number of halogens is 4. The van der Waals surface area contributed by atoms with Crippen molar-refractivity contribution < 1.29 is 17.9 Å². The highest BCUT2D eigenvalue weighted by molar-refractivity contribution is 9.10. The van der Waals surface area contributed by atoms with E-state index < -0.39 is 6.36 Å². The number of aromatic nitrogens is 4. The molecular weight excluding hydrogens is 369 g/mol. The maximum absolute atomic E-state index is 12.2. The van der Waals surface area contributed by atoms with E-state index >= 15 is 0 Å². The lowest BCUT2D eigenvalue weighted by atomic mass is 10.3. The zero-order valence-corrected chi connectivity index (χ0v) is 12.1. The number of H-pyrrole nitrogens is 1. The Morgan fingerprint density at radius 1 is 1.45 bits per heavy atom. The Morgan fingerprint density at radius 3 is 2.77 bits per heavy atom. The van der Waals surface area contributed by atoms with Crippen LogP contribution in [0.2, 0.25) is 0 Å². The maximum Gasteiger partial charge on any atom is 0.573 e. The molecule has 2 N–H and O–H groups in total. The van der Waals surface area contributed by atoms with Gasteiger partial charge < -0.3 is 10.1 Å². The number of rotatable bonds is 4. The quantitative estimate of drug-likeness (QED) is 0.798. The lowest BCUT2D eigenvalue weighted by Crippen LogP contribution is -2.17. The molecule has 0 saturated heterocycles. The summed E-state index contributed by atoms with van der Waals surface area (Å²) in [4.78, 5) is 0. The van der Waals surface area contributed by atoms with Gasteiger partial charge in [0.15, 0.2) is 0 Å². The SMILES string of the molecule is N#CC(=CNc1ccc(OC(F)(F)F)c(Br)c1)c1nn[nH]n1. The standard InChI is InChI=1S/C11H6BrF3N6O/c12-8-3-7(1-2-9(8)22-11(13,14)15)17-5-6(4-16)10-18-20-21-19-10/h1-3,5,17H,(H,18,19,20,21). The van der Waals surface area contributed by atoms with E-state index in [0.717, 1.165) is 6.07 Å². The lowest BCUT2D eigenvalue weighted by Gasteiger charge is -2.11. The van der Waals surface area contributed by atoms with Crippen molar-refractivity contribution >= 4 is 27.2 Å². The Bertz CT molecular complexity index is 722.